The van der Waals surface area contributed by atoms with E-state index in [1.807, 2.05) is 0 Å². The fraction of sp³-hybridized carbons (Fsp3) is 0.120. The molecular formula is C25H24BrN3O5S. The number of hydrogen-bond acceptors (Lipinski definition) is 6. The molecule has 0 spiro atoms. The number of methoxy groups -OCH3 is 1. The molecule has 0 saturated carbocycles. The predicted molar refractivity (Wildman–Crippen MR) is 140 cm³/mol. The monoisotopic (exact) mass is 557 g/mol. The van der Waals surface area contributed by atoms with Crippen molar-refractivity contribution < 1.29 is 22.7 Å². The summed E-state index contributed by atoms with van der Waals surface area (Å²) in [4.78, 5) is 12.7. The van der Waals surface area contributed by atoms with Gasteiger partial charge in [0.25, 0.3) is 15.9 Å². The van der Waals surface area contributed by atoms with Gasteiger partial charge in [-0.05, 0) is 60.2 Å². The Morgan fingerprint density at radius 2 is 1.80 bits per heavy atom. The molecule has 0 unspecified atom stereocenters. The molecule has 0 saturated heterocycles. The molecule has 1 N–H and O–H groups in total. The first-order valence-electron chi connectivity index (χ1n) is 10.4. The van der Waals surface area contributed by atoms with Crippen molar-refractivity contribution in [2.75, 3.05) is 24.6 Å². The van der Waals surface area contributed by atoms with Gasteiger partial charge in [0.1, 0.15) is 13.2 Å². The van der Waals surface area contributed by atoms with Crippen molar-refractivity contribution in [3.63, 3.8) is 0 Å². The van der Waals surface area contributed by atoms with Gasteiger partial charge in [-0.2, -0.15) is 5.10 Å². The average molecular weight is 558 g/mol. The first-order valence-corrected chi connectivity index (χ1v) is 12.7. The smallest absolute Gasteiger partial charge is 0.264 e. The van der Waals surface area contributed by atoms with Gasteiger partial charge in [-0.3, -0.25) is 9.10 Å². The van der Waals surface area contributed by atoms with Gasteiger partial charge in [-0.25, -0.2) is 13.8 Å². The average Bonchev–Trinajstić information content (AvgIpc) is 2.87. The summed E-state index contributed by atoms with van der Waals surface area (Å²) in [7, 11) is -2.48. The van der Waals surface area contributed by atoms with Crippen molar-refractivity contribution in [2.45, 2.75) is 4.90 Å². The van der Waals surface area contributed by atoms with Gasteiger partial charge < -0.3 is 9.47 Å². The zero-order valence-electron chi connectivity index (χ0n) is 18.9. The highest BCUT2D eigenvalue weighted by atomic mass is 79.9. The van der Waals surface area contributed by atoms with Crippen LogP contribution in [0.25, 0.3) is 0 Å². The number of anilines is 1. The van der Waals surface area contributed by atoms with Crippen molar-refractivity contribution in [2.24, 2.45) is 5.10 Å². The Labute approximate surface area is 213 Å². The van der Waals surface area contributed by atoms with Gasteiger partial charge in [0.15, 0.2) is 11.5 Å². The lowest BCUT2D eigenvalue weighted by atomic mass is 10.2. The van der Waals surface area contributed by atoms with Crippen LogP contribution in [0.3, 0.4) is 0 Å². The van der Waals surface area contributed by atoms with E-state index in [-0.39, 0.29) is 4.90 Å². The third-order valence-corrected chi connectivity index (χ3v) is 7.00. The molecule has 35 heavy (non-hydrogen) atoms. The molecule has 0 bridgehead atoms. The standard InChI is InChI=1S/C25H24BrN3O5S/c1-3-15-34-23-14-9-19(16-24(23)33-2)17-27-28-25(30)18-29(21-12-10-20(26)11-13-21)35(31,32)22-7-5-4-6-8-22/h3-14,16-17H,1,15,18H2,2H3,(H,28,30)/b27-17-. The number of hydrazone groups is 1. The quantitative estimate of drug-likeness (QED) is 0.214. The van der Waals surface area contributed by atoms with E-state index in [0.29, 0.717) is 29.4 Å². The summed E-state index contributed by atoms with van der Waals surface area (Å²) in [6.07, 6.45) is 3.05. The number of benzene rings is 3. The van der Waals surface area contributed by atoms with Crippen LogP contribution in [0.15, 0.2) is 99.9 Å². The molecular weight excluding hydrogens is 534 g/mol. The highest BCUT2D eigenvalue weighted by molar-refractivity contribution is 9.10. The van der Waals surface area contributed by atoms with E-state index in [2.05, 4.69) is 33.0 Å². The zero-order valence-corrected chi connectivity index (χ0v) is 21.3. The Bertz CT molecular complexity index is 1300. The second-order valence-electron chi connectivity index (χ2n) is 7.10. The minimum atomic E-state index is -3.99. The van der Waals surface area contributed by atoms with E-state index < -0.39 is 22.5 Å². The van der Waals surface area contributed by atoms with E-state index in [4.69, 9.17) is 9.47 Å². The number of rotatable bonds is 11. The first kappa shape index (κ1) is 26.0. The van der Waals surface area contributed by atoms with Crippen LogP contribution in [0.1, 0.15) is 5.56 Å². The fourth-order valence-corrected chi connectivity index (χ4v) is 4.73. The summed E-state index contributed by atoms with van der Waals surface area (Å²) in [5.41, 5.74) is 3.37. The van der Waals surface area contributed by atoms with Crippen LogP contribution < -0.4 is 19.2 Å². The van der Waals surface area contributed by atoms with Crippen LogP contribution >= 0.6 is 15.9 Å². The Morgan fingerprint density at radius 3 is 2.46 bits per heavy atom. The molecule has 10 heteroatoms. The highest BCUT2D eigenvalue weighted by Gasteiger charge is 2.27. The second-order valence-corrected chi connectivity index (χ2v) is 9.88. The second kappa shape index (κ2) is 12.2. The lowest BCUT2D eigenvalue weighted by molar-refractivity contribution is -0.119. The molecule has 0 atom stereocenters. The predicted octanol–water partition coefficient (Wildman–Crippen LogP) is 4.37. The van der Waals surface area contributed by atoms with Crippen molar-refractivity contribution in [3.05, 3.63) is 95.5 Å². The topological polar surface area (TPSA) is 97.3 Å². The van der Waals surface area contributed by atoms with Gasteiger partial charge in [0, 0.05) is 4.47 Å². The van der Waals surface area contributed by atoms with Gasteiger partial charge in [0.05, 0.1) is 23.9 Å². The first-order chi connectivity index (χ1) is 16.8. The molecule has 0 aliphatic rings. The van der Waals surface area contributed by atoms with E-state index in [0.717, 1.165) is 8.78 Å². The number of ether oxygens (including phenoxy) is 2. The van der Waals surface area contributed by atoms with E-state index in [1.54, 1.807) is 66.7 Å². The van der Waals surface area contributed by atoms with Crippen LogP contribution in [-0.2, 0) is 14.8 Å². The molecule has 0 heterocycles. The fourth-order valence-electron chi connectivity index (χ4n) is 3.02. The normalized spacial score (nSPS) is 11.1. The van der Waals surface area contributed by atoms with Crippen molar-refractivity contribution in [1.29, 1.82) is 0 Å². The maximum Gasteiger partial charge on any atom is 0.264 e. The number of carbonyl (C=O) groups excluding carboxylic acids is 1. The molecule has 0 radical (unpaired) electrons. The van der Waals surface area contributed by atoms with E-state index in [1.165, 1.54) is 25.5 Å². The maximum absolute atomic E-state index is 13.3. The van der Waals surface area contributed by atoms with Crippen molar-refractivity contribution in [1.82, 2.24) is 5.43 Å². The minimum Gasteiger partial charge on any atom is -0.493 e. The molecule has 0 aliphatic carbocycles. The summed E-state index contributed by atoms with van der Waals surface area (Å²) in [6.45, 7) is 3.48. The van der Waals surface area contributed by atoms with Crippen LogP contribution in [0, 0.1) is 0 Å². The Kier molecular flexibility index (Phi) is 9.04. The molecule has 182 valence electrons. The van der Waals surface area contributed by atoms with Crippen LogP contribution in [0.2, 0.25) is 0 Å². The molecule has 8 nitrogen and oxygen atoms in total. The number of carbonyl (C=O) groups is 1. The lowest BCUT2D eigenvalue weighted by Crippen LogP contribution is -2.39. The largest absolute Gasteiger partial charge is 0.493 e. The van der Waals surface area contributed by atoms with Crippen LogP contribution in [0.4, 0.5) is 5.69 Å². The summed E-state index contributed by atoms with van der Waals surface area (Å²) >= 11 is 3.34. The minimum absolute atomic E-state index is 0.0741. The van der Waals surface area contributed by atoms with Crippen molar-refractivity contribution in [3.8, 4) is 11.5 Å². The summed E-state index contributed by atoms with van der Waals surface area (Å²) in [5, 5.41) is 3.96. The number of sulfonamides is 1. The van der Waals surface area contributed by atoms with Crippen LogP contribution in [-0.4, -0.2) is 40.8 Å². The van der Waals surface area contributed by atoms with Gasteiger partial charge in [0.2, 0.25) is 0 Å². The number of halogens is 1. The maximum atomic E-state index is 13.3. The number of hydrogen-bond donors (Lipinski definition) is 1. The number of nitrogens with zero attached hydrogens (tertiary/aromatic N) is 2. The zero-order chi connectivity index (χ0) is 25.3. The summed E-state index contributed by atoms with van der Waals surface area (Å²) < 4.78 is 39.2. The number of amides is 1. The summed E-state index contributed by atoms with van der Waals surface area (Å²) in [5.74, 6) is 0.434. The summed E-state index contributed by atoms with van der Waals surface area (Å²) in [6, 6.07) is 19.7. The highest BCUT2D eigenvalue weighted by Crippen LogP contribution is 2.28. The Morgan fingerprint density at radius 1 is 1.09 bits per heavy atom. The van der Waals surface area contributed by atoms with Gasteiger partial charge in [-0.15, -0.1) is 0 Å². The Balaban J connectivity index is 1.76. The molecule has 3 aromatic carbocycles. The SMILES string of the molecule is C=CCOc1ccc(/C=N\NC(=O)CN(c2ccc(Br)cc2)S(=O)(=O)c2ccccc2)cc1OC. The van der Waals surface area contributed by atoms with Crippen LogP contribution in [0.5, 0.6) is 11.5 Å². The van der Waals surface area contributed by atoms with Gasteiger partial charge in [-0.1, -0.05) is 46.8 Å². The Hall–Kier alpha value is -3.63. The number of nitrogens with one attached hydrogen (secondary N) is 1. The molecule has 3 rings (SSSR count). The third-order valence-electron chi connectivity index (χ3n) is 4.68. The van der Waals surface area contributed by atoms with E-state index in [9.17, 15) is 13.2 Å². The molecule has 0 fully saturated rings. The molecule has 0 aliphatic heterocycles. The van der Waals surface area contributed by atoms with E-state index >= 15 is 0 Å². The molecule has 1 amide bonds. The molecule has 3 aromatic rings. The molecule has 0 aromatic heterocycles. The lowest BCUT2D eigenvalue weighted by Gasteiger charge is -2.23. The third kappa shape index (κ3) is 6.93. The van der Waals surface area contributed by atoms with Crippen molar-refractivity contribution >= 4 is 43.8 Å². The van der Waals surface area contributed by atoms with Gasteiger partial charge >= 0.3 is 0 Å².